The summed E-state index contributed by atoms with van der Waals surface area (Å²) in [5.41, 5.74) is 1.93. The molecule has 0 heterocycles. The van der Waals surface area contributed by atoms with E-state index in [4.69, 9.17) is 11.6 Å². The summed E-state index contributed by atoms with van der Waals surface area (Å²) in [6.45, 7) is 9.33. The van der Waals surface area contributed by atoms with Gasteiger partial charge >= 0.3 is 0 Å². The lowest BCUT2D eigenvalue weighted by Crippen LogP contribution is -2.35. The molecule has 0 radical (unpaired) electrons. The molecule has 1 aliphatic carbocycles. The van der Waals surface area contributed by atoms with E-state index in [2.05, 4.69) is 38.2 Å². The maximum atomic E-state index is 6.03. The van der Waals surface area contributed by atoms with Crippen molar-refractivity contribution in [3.63, 3.8) is 0 Å². The summed E-state index contributed by atoms with van der Waals surface area (Å²) >= 11 is 6.03. The molecular formula is C18H28ClN. The molecule has 1 aromatic carbocycles. The van der Waals surface area contributed by atoms with Crippen molar-refractivity contribution in [2.45, 2.75) is 52.4 Å². The molecular weight excluding hydrogens is 266 g/mol. The zero-order chi connectivity index (χ0) is 14.6. The number of rotatable bonds is 5. The molecule has 20 heavy (non-hydrogen) atoms. The van der Waals surface area contributed by atoms with Crippen molar-refractivity contribution in [1.29, 1.82) is 0 Å². The zero-order valence-electron chi connectivity index (χ0n) is 13.1. The topological polar surface area (TPSA) is 12.0 Å². The third-order valence-electron chi connectivity index (χ3n) is 4.66. The Balaban J connectivity index is 2.11. The largest absolute Gasteiger partial charge is 0.316 e. The van der Waals surface area contributed by atoms with Crippen molar-refractivity contribution in [1.82, 2.24) is 5.32 Å². The summed E-state index contributed by atoms with van der Waals surface area (Å²) in [7, 11) is 0. The Bertz CT molecular complexity index is 410. The lowest BCUT2D eigenvalue weighted by molar-refractivity contribution is 0.160. The van der Waals surface area contributed by atoms with Crippen LogP contribution in [0.5, 0.6) is 0 Å². The van der Waals surface area contributed by atoms with Gasteiger partial charge in [-0.1, -0.05) is 44.5 Å². The summed E-state index contributed by atoms with van der Waals surface area (Å²) in [5.74, 6) is 1.43. The number of nitrogens with one attached hydrogen (secondary N) is 1. The van der Waals surface area contributed by atoms with Crippen LogP contribution in [0.4, 0.5) is 0 Å². The van der Waals surface area contributed by atoms with Gasteiger partial charge in [-0.3, -0.25) is 0 Å². The van der Waals surface area contributed by atoms with Crippen molar-refractivity contribution in [3.8, 4) is 0 Å². The van der Waals surface area contributed by atoms with Gasteiger partial charge in [-0.2, -0.15) is 0 Å². The van der Waals surface area contributed by atoms with Gasteiger partial charge in [0.25, 0.3) is 0 Å². The van der Waals surface area contributed by atoms with E-state index in [0.717, 1.165) is 24.0 Å². The van der Waals surface area contributed by atoms with Crippen molar-refractivity contribution in [2.75, 3.05) is 13.1 Å². The fourth-order valence-corrected chi connectivity index (χ4v) is 3.58. The van der Waals surface area contributed by atoms with Gasteiger partial charge in [0.15, 0.2) is 0 Å². The molecule has 0 aliphatic heterocycles. The minimum Gasteiger partial charge on any atom is -0.316 e. The molecule has 0 saturated heterocycles. The third-order valence-corrected chi connectivity index (χ3v) is 4.92. The van der Waals surface area contributed by atoms with E-state index in [-0.39, 0.29) is 0 Å². The quantitative estimate of drug-likeness (QED) is 0.731. The predicted molar refractivity (Wildman–Crippen MR) is 88.5 cm³/mol. The van der Waals surface area contributed by atoms with Crippen LogP contribution in [0.3, 0.4) is 0 Å². The van der Waals surface area contributed by atoms with Crippen molar-refractivity contribution >= 4 is 11.6 Å². The fourth-order valence-electron chi connectivity index (χ4n) is 3.45. The van der Waals surface area contributed by atoms with Gasteiger partial charge in [-0.15, -0.1) is 0 Å². The summed E-state index contributed by atoms with van der Waals surface area (Å²) in [4.78, 5) is 0. The number of benzene rings is 1. The van der Waals surface area contributed by atoms with Crippen molar-refractivity contribution < 1.29 is 0 Å². The summed E-state index contributed by atoms with van der Waals surface area (Å²) < 4.78 is 0. The summed E-state index contributed by atoms with van der Waals surface area (Å²) in [5, 5.41) is 4.45. The number of halogens is 1. The molecule has 2 rings (SSSR count). The molecule has 1 saturated carbocycles. The van der Waals surface area contributed by atoms with Crippen molar-refractivity contribution in [2.24, 2.45) is 11.3 Å². The highest BCUT2D eigenvalue weighted by Crippen LogP contribution is 2.46. The molecule has 1 aliphatic rings. The molecule has 1 aromatic rings. The highest BCUT2D eigenvalue weighted by molar-refractivity contribution is 6.30. The summed E-state index contributed by atoms with van der Waals surface area (Å²) in [6, 6.07) is 8.52. The van der Waals surface area contributed by atoms with Crippen LogP contribution in [0, 0.1) is 11.3 Å². The molecule has 0 bridgehead atoms. The van der Waals surface area contributed by atoms with Gasteiger partial charge < -0.3 is 5.32 Å². The molecule has 2 heteroatoms. The van der Waals surface area contributed by atoms with E-state index in [1.807, 2.05) is 12.1 Å². The van der Waals surface area contributed by atoms with E-state index in [1.165, 1.54) is 31.2 Å². The first-order chi connectivity index (χ1) is 9.52. The molecule has 2 unspecified atom stereocenters. The maximum absolute atomic E-state index is 6.03. The second kappa shape index (κ2) is 6.95. The van der Waals surface area contributed by atoms with Crippen LogP contribution in [0.2, 0.25) is 5.02 Å². The Morgan fingerprint density at radius 2 is 1.95 bits per heavy atom. The second-order valence-electron chi connectivity index (χ2n) is 7.03. The molecule has 2 atom stereocenters. The zero-order valence-corrected chi connectivity index (χ0v) is 13.8. The number of hydrogen-bond donors (Lipinski definition) is 1. The van der Waals surface area contributed by atoms with E-state index >= 15 is 0 Å². The first kappa shape index (κ1) is 15.9. The Hall–Kier alpha value is -0.530. The van der Waals surface area contributed by atoms with Crippen LogP contribution in [0.1, 0.15) is 57.9 Å². The number of hydrogen-bond acceptors (Lipinski definition) is 1. The molecule has 1 N–H and O–H groups in total. The van der Waals surface area contributed by atoms with Gasteiger partial charge in [-0.05, 0) is 73.7 Å². The maximum Gasteiger partial charge on any atom is 0.0406 e. The highest BCUT2D eigenvalue weighted by Gasteiger charge is 2.35. The van der Waals surface area contributed by atoms with Crippen LogP contribution in [0.25, 0.3) is 0 Å². The predicted octanol–water partition coefficient (Wildman–Crippen LogP) is 5.25. The van der Waals surface area contributed by atoms with Crippen LogP contribution in [-0.4, -0.2) is 13.1 Å². The average molecular weight is 294 g/mol. The Morgan fingerprint density at radius 1 is 1.25 bits per heavy atom. The van der Waals surface area contributed by atoms with E-state index < -0.39 is 0 Å². The minimum atomic E-state index is 0.464. The molecule has 0 amide bonds. The van der Waals surface area contributed by atoms with Gasteiger partial charge in [0.2, 0.25) is 0 Å². The first-order valence-electron chi connectivity index (χ1n) is 7.98. The summed E-state index contributed by atoms with van der Waals surface area (Å²) in [6.07, 6.45) is 5.17. The lowest BCUT2D eigenvalue weighted by atomic mass is 9.65. The van der Waals surface area contributed by atoms with Crippen LogP contribution in [0.15, 0.2) is 24.3 Å². The van der Waals surface area contributed by atoms with Crippen LogP contribution in [-0.2, 0) is 0 Å². The second-order valence-corrected chi connectivity index (χ2v) is 7.47. The van der Waals surface area contributed by atoms with Gasteiger partial charge in [0.05, 0.1) is 0 Å². The van der Waals surface area contributed by atoms with E-state index in [1.54, 1.807) is 0 Å². The van der Waals surface area contributed by atoms with E-state index in [9.17, 15) is 0 Å². The Labute approximate surface area is 129 Å². The first-order valence-corrected chi connectivity index (χ1v) is 8.36. The highest BCUT2D eigenvalue weighted by atomic mass is 35.5. The molecule has 1 fully saturated rings. The monoisotopic (exact) mass is 293 g/mol. The van der Waals surface area contributed by atoms with Crippen LogP contribution < -0.4 is 5.32 Å². The van der Waals surface area contributed by atoms with Gasteiger partial charge in [-0.25, -0.2) is 0 Å². The lowest BCUT2D eigenvalue weighted by Gasteiger charge is -2.41. The molecule has 1 nitrogen and oxygen atoms in total. The standard InChI is InChI=1S/C18H28ClN/c1-4-11-20-13-15-9-10-18(2,3)12-17(15)14-5-7-16(19)8-6-14/h5-8,15,17,20H,4,9-13H2,1-3H3. The third kappa shape index (κ3) is 4.23. The average Bonchev–Trinajstić information content (AvgIpc) is 2.41. The Kier molecular flexibility index (Phi) is 5.51. The molecule has 0 spiro atoms. The SMILES string of the molecule is CCCNCC1CCC(C)(C)CC1c1ccc(Cl)cc1. The van der Waals surface area contributed by atoms with Gasteiger partial charge in [0, 0.05) is 5.02 Å². The minimum absolute atomic E-state index is 0.464. The van der Waals surface area contributed by atoms with Crippen molar-refractivity contribution in [3.05, 3.63) is 34.9 Å². The fraction of sp³-hybridized carbons (Fsp3) is 0.667. The Morgan fingerprint density at radius 3 is 2.60 bits per heavy atom. The normalized spacial score (nSPS) is 25.6. The molecule has 0 aromatic heterocycles. The van der Waals surface area contributed by atoms with Crippen LogP contribution >= 0.6 is 11.6 Å². The van der Waals surface area contributed by atoms with E-state index in [0.29, 0.717) is 11.3 Å². The molecule has 112 valence electrons. The van der Waals surface area contributed by atoms with Gasteiger partial charge in [0.1, 0.15) is 0 Å². The smallest absolute Gasteiger partial charge is 0.0406 e.